The van der Waals surface area contributed by atoms with Crippen LogP contribution in [0.1, 0.15) is 25.7 Å². The number of thiophene rings is 1. The molecule has 0 saturated heterocycles. The van der Waals surface area contributed by atoms with Gasteiger partial charge in [0.15, 0.2) is 0 Å². The molecule has 0 fully saturated rings. The predicted octanol–water partition coefficient (Wildman–Crippen LogP) is 4.69. The minimum absolute atomic E-state index is 0.0402. The van der Waals surface area contributed by atoms with E-state index in [4.69, 9.17) is 0 Å². The number of carbonyl (C=O) groups is 1. The number of amides is 1. The van der Waals surface area contributed by atoms with Crippen molar-refractivity contribution in [1.29, 1.82) is 0 Å². The van der Waals surface area contributed by atoms with E-state index in [0.29, 0.717) is 0 Å². The lowest BCUT2D eigenvalue weighted by atomic mass is 10.2. The number of benzene rings is 1. The lowest BCUT2D eigenvalue weighted by molar-refractivity contribution is 0.103. The Labute approximate surface area is 119 Å². The zero-order valence-corrected chi connectivity index (χ0v) is 12.9. The van der Waals surface area contributed by atoms with Crippen molar-refractivity contribution in [3.8, 4) is 0 Å². The van der Waals surface area contributed by atoms with Crippen LogP contribution >= 0.6 is 27.3 Å². The number of halogens is 1. The molecule has 4 heteroatoms. The van der Waals surface area contributed by atoms with Gasteiger partial charge in [0.25, 0.3) is 5.91 Å². The van der Waals surface area contributed by atoms with E-state index in [0.717, 1.165) is 26.2 Å². The van der Waals surface area contributed by atoms with Gasteiger partial charge in [-0.15, -0.1) is 11.3 Å². The third-order valence-corrected chi connectivity index (χ3v) is 4.47. The molecule has 0 unspecified atom stereocenters. The number of hydrogen-bond donors (Lipinski definition) is 1. The monoisotopic (exact) mass is 323 g/mol. The van der Waals surface area contributed by atoms with Crippen molar-refractivity contribution < 1.29 is 4.79 Å². The standard InChI is InChI=1S/C14H14BrNOS/c1-8-7-13(18-10(8)3)14(17)16-12-5-4-11(15)6-9(12)2/h4-7H,1-3H3,(H,16,17). The minimum atomic E-state index is -0.0402. The molecule has 0 aliphatic carbocycles. The summed E-state index contributed by atoms with van der Waals surface area (Å²) in [6.07, 6.45) is 0. The van der Waals surface area contributed by atoms with Gasteiger partial charge in [0.1, 0.15) is 0 Å². The molecule has 18 heavy (non-hydrogen) atoms. The molecule has 2 aromatic rings. The van der Waals surface area contributed by atoms with Crippen LogP contribution in [0.4, 0.5) is 5.69 Å². The molecule has 0 aliphatic heterocycles. The van der Waals surface area contributed by atoms with E-state index < -0.39 is 0 Å². The molecule has 1 aromatic heterocycles. The van der Waals surface area contributed by atoms with E-state index in [2.05, 4.69) is 21.2 Å². The van der Waals surface area contributed by atoms with Gasteiger partial charge in [0.05, 0.1) is 4.88 Å². The van der Waals surface area contributed by atoms with Gasteiger partial charge in [-0.05, 0) is 56.2 Å². The molecule has 0 atom stereocenters. The number of rotatable bonds is 2. The fourth-order valence-corrected chi connectivity index (χ4v) is 3.04. The molecule has 94 valence electrons. The summed E-state index contributed by atoms with van der Waals surface area (Å²) in [5.74, 6) is -0.0402. The molecule has 1 aromatic carbocycles. The van der Waals surface area contributed by atoms with Crippen LogP contribution in [0.3, 0.4) is 0 Å². The second kappa shape index (κ2) is 5.24. The molecule has 1 N–H and O–H groups in total. The van der Waals surface area contributed by atoms with Crippen LogP contribution in [0.25, 0.3) is 0 Å². The van der Waals surface area contributed by atoms with Gasteiger partial charge < -0.3 is 5.32 Å². The van der Waals surface area contributed by atoms with E-state index in [-0.39, 0.29) is 5.91 Å². The van der Waals surface area contributed by atoms with Crippen LogP contribution in [-0.2, 0) is 0 Å². The van der Waals surface area contributed by atoms with E-state index in [1.807, 2.05) is 45.0 Å². The normalized spacial score (nSPS) is 10.4. The molecule has 2 nitrogen and oxygen atoms in total. The van der Waals surface area contributed by atoms with Crippen LogP contribution in [0.2, 0.25) is 0 Å². The smallest absolute Gasteiger partial charge is 0.265 e. The average molecular weight is 324 g/mol. The summed E-state index contributed by atoms with van der Waals surface area (Å²) in [5.41, 5.74) is 3.06. The van der Waals surface area contributed by atoms with Crippen molar-refractivity contribution in [2.75, 3.05) is 5.32 Å². The molecule has 1 amide bonds. The topological polar surface area (TPSA) is 29.1 Å². The predicted molar refractivity (Wildman–Crippen MR) is 80.6 cm³/mol. The Morgan fingerprint density at radius 1 is 1.17 bits per heavy atom. The average Bonchev–Trinajstić information content (AvgIpc) is 2.63. The largest absolute Gasteiger partial charge is 0.321 e. The lowest BCUT2D eigenvalue weighted by Gasteiger charge is -2.07. The van der Waals surface area contributed by atoms with E-state index in [1.165, 1.54) is 16.2 Å². The zero-order valence-electron chi connectivity index (χ0n) is 10.5. The minimum Gasteiger partial charge on any atom is -0.321 e. The lowest BCUT2D eigenvalue weighted by Crippen LogP contribution is -2.11. The van der Waals surface area contributed by atoms with Crippen LogP contribution in [-0.4, -0.2) is 5.91 Å². The molecular weight excluding hydrogens is 310 g/mol. The highest BCUT2D eigenvalue weighted by molar-refractivity contribution is 9.10. The van der Waals surface area contributed by atoms with Gasteiger partial charge in [-0.1, -0.05) is 15.9 Å². The first-order valence-corrected chi connectivity index (χ1v) is 7.23. The Morgan fingerprint density at radius 2 is 1.89 bits per heavy atom. The quantitative estimate of drug-likeness (QED) is 0.853. The molecule has 0 saturated carbocycles. The zero-order chi connectivity index (χ0) is 13.3. The number of nitrogens with one attached hydrogen (secondary N) is 1. The van der Waals surface area contributed by atoms with Crippen molar-refractivity contribution in [3.05, 3.63) is 49.6 Å². The maximum atomic E-state index is 12.1. The third-order valence-electron chi connectivity index (χ3n) is 2.83. The Hall–Kier alpha value is -1.13. The number of anilines is 1. The van der Waals surface area contributed by atoms with Crippen LogP contribution in [0.15, 0.2) is 28.7 Å². The highest BCUT2D eigenvalue weighted by Crippen LogP contribution is 2.24. The van der Waals surface area contributed by atoms with Gasteiger partial charge in [0.2, 0.25) is 0 Å². The summed E-state index contributed by atoms with van der Waals surface area (Å²) in [7, 11) is 0. The summed E-state index contributed by atoms with van der Waals surface area (Å²) in [4.78, 5) is 14.0. The first-order chi connectivity index (χ1) is 8.47. The van der Waals surface area contributed by atoms with Gasteiger partial charge in [-0.25, -0.2) is 0 Å². The van der Waals surface area contributed by atoms with Crippen molar-refractivity contribution in [2.24, 2.45) is 0 Å². The van der Waals surface area contributed by atoms with E-state index in [1.54, 1.807) is 0 Å². The molecular formula is C14H14BrNOS. The van der Waals surface area contributed by atoms with E-state index >= 15 is 0 Å². The Kier molecular flexibility index (Phi) is 3.88. The molecule has 2 rings (SSSR count). The van der Waals surface area contributed by atoms with Crippen molar-refractivity contribution in [2.45, 2.75) is 20.8 Å². The van der Waals surface area contributed by atoms with Gasteiger partial charge in [-0.3, -0.25) is 4.79 Å². The summed E-state index contributed by atoms with van der Waals surface area (Å²) >= 11 is 4.94. The molecule has 0 bridgehead atoms. The second-order valence-corrected chi connectivity index (χ2v) is 6.44. The summed E-state index contributed by atoms with van der Waals surface area (Å²) in [6, 6.07) is 7.75. The van der Waals surface area contributed by atoms with Crippen LogP contribution in [0.5, 0.6) is 0 Å². The second-order valence-electron chi connectivity index (χ2n) is 4.26. The first-order valence-electron chi connectivity index (χ1n) is 5.62. The third kappa shape index (κ3) is 2.82. The maximum absolute atomic E-state index is 12.1. The maximum Gasteiger partial charge on any atom is 0.265 e. The number of carbonyl (C=O) groups excluding carboxylic acids is 1. The van der Waals surface area contributed by atoms with Crippen LogP contribution < -0.4 is 5.32 Å². The van der Waals surface area contributed by atoms with Crippen LogP contribution in [0, 0.1) is 20.8 Å². The number of aryl methyl sites for hydroxylation is 3. The van der Waals surface area contributed by atoms with Gasteiger partial charge >= 0.3 is 0 Å². The van der Waals surface area contributed by atoms with Crippen molar-refractivity contribution >= 4 is 38.9 Å². The Morgan fingerprint density at radius 3 is 2.44 bits per heavy atom. The first kappa shape index (κ1) is 13.3. The van der Waals surface area contributed by atoms with E-state index in [9.17, 15) is 4.79 Å². The summed E-state index contributed by atoms with van der Waals surface area (Å²) in [5, 5.41) is 2.94. The SMILES string of the molecule is Cc1cc(Br)ccc1NC(=O)c1cc(C)c(C)s1. The van der Waals surface area contributed by atoms with Gasteiger partial charge in [-0.2, -0.15) is 0 Å². The highest BCUT2D eigenvalue weighted by atomic mass is 79.9. The Balaban J connectivity index is 2.21. The molecule has 1 heterocycles. The molecule has 0 spiro atoms. The Bertz CT molecular complexity index is 584. The van der Waals surface area contributed by atoms with Crippen molar-refractivity contribution in [3.63, 3.8) is 0 Å². The summed E-state index contributed by atoms with van der Waals surface area (Å²) in [6.45, 7) is 6.03. The number of hydrogen-bond acceptors (Lipinski definition) is 2. The van der Waals surface area contributed by atoms with Gasteiger partial charge in [0, 0.05) is 15.0 Å². The highest BCUT2D eigenvalue weighted by Gasteiger charge is 2.11. The van der Waals surface area contributed by atoms with Crippen molar-refractivity contribution in [1.82, 2.24) is 0 Å². The molecule has 0 aliphatic rings. The fraction of sp³-hybridized carbons (Fsp3) is 0.214. The fourth-order valence-electron chi connectivity index (χ4n) is 1.64. The summed E-state index contributed by atoms with van der Waals surface area (Å²) < 4.78 is 1.01. The molecule has 0 radical (unpaired) electrons.